The molecular formula is C19H30N2. The lowest BCUT2D eigenvalue weighted by Gasteiger charge is -2.33. The van der Waals surface area contributed by atoms with Gasteiger partial charge in [-0.2, -0.15) is 0 Å². The van der Waals surface area contributed by atoms with Crippen LogP contribution in [0.1, 0.15) is 57.9 Å². The van der Waals surface area contributed by atoms with E-state index < -0.39 is 0 Å². The van der Waals surface area contributed by atoms with Crippen LogP contribution in [0, 0.1) is 0 Å². The highest BCUT2D eigenvalue weighted by atomic mass is 15.4. The molecule has 0 bridgehead atoms. The summed E-state index contributed by atoms with van der Waals surface area (Å²) >= 11 is 0. The molecule has 1 unspecified atom stereocenters. The molecule has 0 spiro atoms. The van der Waals surface area contributed by atoms with Crippen molar-refractivity contribution in [3.05, 3.63) is 48.3 Å². The van der Waals surface area contributed by atoms with Crippen LogP contribution in [0.25, 0.3) is 0 Å². The van der Waals surface area contributed by atoms with Gasteiger partial charge in [-0.1, -0.05) is 63.4 Å². The molecule has 0 N–H and O–H groups in total. The predicted octanol–water partition coefficient (Wildman–Crippen LogP) is 4.98. The van der Waals surface area contributed by atoms with Crippen LogP contribution in [-0.2, 0) is 6.54 Å². The number of unbranched alkanes of at least 4 members (excludes halogenated alkanes) is 3. The largest absolute Gasteiger partial charge is 0.356 e. The third-order valence-corrected chi connectivity index (χ3v) is 4.26. The fraction of sp³-hybridized carbons (Fsp3) is 0.579. The summed E-state index contributed by atoms with van der Waals surface area (Å²) in [5, 5.41) is 0. The normalized spacial score (nSPS) is 17.7. The van der Waals surface area contributed by atoms with Crippen LogP contribution < -0.4 is 0 Å². The molecule has 1 heterocycles. The Morgan fingerprint density at radius 2 is 1.57 bits per heavy atom. The van der Waals surface area contributed by atoms with E-state index in [0.29, 0.717) is 6.17 Å². The molecule has 116 valence electrons. The number of rotatable bonds is 9. The fourth-order valence-corrected chi connectivity index (χ4v) is 3.00. The van der Waals surface area contributed by atoms with Gasteiger partial charge in [0.15, 0.2) is 0 Å². The lowest BCUT2D eigenvalue weighted by Crippen LogP contribution is -2.38. The second-order valence-electron chi connectivity index (χ2n) is 6.02. The van der Waals surface area contributed by atoms with E-state index in [-0.39, 0.29) is 0 Å². The second kappa shape index (κ2) is 8.76. The topological polar surface area (TPSA) is 6.48 Å². The van der Waals surface area contributed by atoms with Gasteiger partial charge in [-0.25, -0.2) is 0 Å². The van der Waals surface area contributed by atoms with E-state index in [1.54, 1.807) is 0 Å². The Hall–Kier alpha value is -1.44. The van der Waals surface area contributed by atoms with Gasteiger partial charge in [0, 0.05) is 25.5 Å². The van der Waals surface area contributed by atoms with E-state index in [2.05, 4.69) is 66.4 Å². The first-order valence-electron chi connectivity index (χ1n) is 8.59. The molecule has 2 heteroatoms. The maximum atomic E-state index is 2.55. The van der Waals surface area contributed by atoms with Gasteiger partial charge < -0.3 is 9.80 Å². The van der Waals surface area contributed by atoms with Crippen molar-refractivity contribution in [2.75, 3.05) is 6.54 Å². The maximum Gasteiger partial charge on any atom is 0.101 e. The zero-order valence-electron chi connectivity index (χ0n) is 13.7. The van der Waals surface area contributed by atoms with Gasteiger partial charge in [0.05, 0.1) is 0 Å². The number of nitrogens with zero attached hydrogens (tertiary/aromatic N) is 2. The molecule has 0 aliphatic carbocycles. The van der Waals surface area contributed by atoms with Crippen molar-refractivity contribution in [1.29, 1.82) is 0 Å². The molecule has 1 aliphatic heterocycles. The summed E-state index contributed by atoms with van der Waals surface area (Å²) in [6.07, 6.45) is 12.9. The molecule has 0 aromatic heterocycles. The van der Waals surface area contributed by atoms with Crippen molar-refractivity contribution in [2.45, 2.75) is 65.1 Å². The molecular weight excluding hydrogens is 256 g/mol. The van der Waals surface area contributed by atoms with E-state index in [9.17, 15) is 0 Å². The zero-order chi connectivity index (χ0) is 14.9. The number of benzene rings is 1. The lowest BCUT2D eigenvalue weighted by molar-refractivity contribution is 0.133. The first kappa shape index (κ1) is 15.9. The van der Waals surface area contributed by atoms with Gasteiger partial charge in [-0.05, 0) is 24.8 Å². The minimum atomic E-state index is 0.557. The van der Waals surface area contributed by atoms with E-state index in [0.717, 1.165) is 6.54 Å². The Morgan fingerprint density at radius 3 is 2.29 bits per heavy atom. The lowest BCUT2D eigenvalue weighted by atomic mass is 10.1. The summed E-state index contributed by atoms with van der Waals surface area (Å²) in [6, 6.07) is 10.8. The van der Waals surface area contributed by atoms with Gasteiger partial charge in [-0.15, -0.1) is 0 Å². The van der Waals surface area contributed by atoms with Crippen molar-refractivity contribution in [3.8, 4) is 0 Å². The van der Waals surface area contributed by atoms with Crippen LogP contribution in [0.4, 0.5) is 0 Å². The van der Waals surface area contributed by atoms with E-state index >= 15 is 0 Å². The second-order valence-corrected chi connectivity index (χ2v) is 6.02. The molecule has 1 aromatic rings. The van der Waals surface area contributed by atoms with Crippen LogP contribution in [0.15, 0.2) is 42.7 Å². The predicted molar refractivity (Wildman–Crippen MR) is 90.7 cm³/mol. The Bertz CT molecular complexity index is 413. The quantitative estimate of drug-likeness (QED) is 0.591. The van der Waals surface area contributed by atoms with Crippen molar-refractivity contribution in [2.24, 2.45) is 0 Å². The van der Waals surface area contributed by atoms with Gasteiger partial charge >= 0.3 is 0 Å². The van der Waals surface area contributed by atoms with Gasteiger partial charge in [0.25, 0.3) is 0 Å². The Balaban J connectivity index is 1.94. The SMILES string of the molecule is CCCCCN1C=CN(Cc2ccccc2)C1CCCC. The maximum absolute atomic E-state index is 2.55. The van der Waals surface area contributed by atoms with Crippen molar-refractivity contribution in [3.63, 3.8) is 0 Å². The minimum Gasteiger partial charge on any atom is -0.356 e. The molecule has 21 heavy (non-hydrogen) atoms. The third-order valence-electron chi connectivity index (χ3n) is 4.26. The van der Waals surface area contributed by atoms with E-state index in [1.165, 1.54) is 50.6 Å². The molecule has 0 fully saturated rings. The average molecular weight is 286 g/mol. The molecule has 1 aromatic carbocycles. The highest BCUT2D eigenvalue weighted by Crippen LogP contribution is 2.23. The smallest absolute Gasteiger partial charge is 0.101 e. The first-order valence-corrected chi connectivity index (χ1v) is 8.59. The number of hydrogen-bond donors (Lipinski definition) is 0. The van der Waals surface area contributed by atoms with Crippen LogP contribution in [0.3, 0.4) is 0 Å². The molecule has 2 nitrogen and oxygen atoms in total. The van der Waals surface area contributed by atoms with Gasteiger partial charge in [0.2, 0.25) is 0 Å². The highest BCUT2D eigenvalue weighted by Gasteiger charge is 2.25. The highest BCUT2D eigenvalue weighted by molar-refractivity contribution is 5.15. The van der Waals surface area contributed by atoms with E-state index in [4.69, 9.17) is 0 Å². The summed E-state index contributed by atoms with van der Waals surface area (Å²) in [7, 11) is 0. The Labute approximate surface area is 130 Å². The summed E-state index contributed by atoms with van der Waals surface area (Å²) in [5.41, 5.74) is 1.40. The van der Waals surface area contributed by atoms with E-state index in [1.807, 2.05) is 0 Å². The van der Waals surface area contributed by atoms with Crippen LogP contribution >= 0.6 is 0 Å². The van der Waals surface area contributed by atoms with Crippen LogP contribution in [-0.4, -0.2) is 22.5 Å². The molecule has 0 saturated heterocycles. The third kappa shape index (κ3) is 4.80. The van der Waals surface area contributed by atoms with Crippen LogP contribution in [0.2, 0.25) is 0 Å². The first-order chi connectivity index (χ1) is 10.3. The summed E-state index contributed by atoms with van der Waals surface area (Å²) in [4.78, 5) is 5.06. The van der Waals surface area contributed by atoms with Crippen molar-refractivity contribution < 1.29 is 0 Å². The number of hydrogen-bond acceptors (Lipinski definition) is 2. The molecule has 2 rings (SSSR count). The molecule has 1 atom stereocenters. The van der Waals surface area contributed by atoms with Gasteiger partial charge in [-0.3, -0.25) is 0 Å². The minimum absolute atomic E-state index is 0.557. The van der Waals surface area contributed by atoms with Crippen molar-refractivity contribution >= 4 is 0 Å². The summed E-state index contributed by atoms with van der Waals surface area (Å²) in [5.74, 6) is 0. The standard InChI is InChI=1S/C19H30N2/c1-3-5-10-14-20-15-16-21(19(20)13-6-4-2)17-18-11-8-7-9-12-18/h7-9,11-12,15-16,19H,3-6,10,13-14,17H2,1-2H3. The van der Waals surface area contributed by atoms with Crippen molar-refractivity contribution in [1.82, 2.24) is 9.80 Å². The molecule has 0 radical (unpaired) electrons. The van der Waals surface area contributed by atoms with Gasteiger partial charge in [0.1, 0.15) is 6.17 Å². The fourth-order valence-electron chi connectivity index (χ4n) is 3.00. The zero-order valence-corrected chi connectivity index (χ0v) is 13.7. The Morgan fingerprint density at radius 1 is 0.857 bits per heavy atom. The monoisotopic (exact) mass is 286 g/mol. The molecule has 0 amide bonds. The molecule has 0 saturated carbocycles. The molecule has 1 aliphatic rings. The summed E-state index contributed by atoms with van der Waals surface area (Å²) < 4.78 is 0. The Kier molecular flexibility index (Phi) is 6.65. The average Bonchev–Trinajstić information content (AvgIpc) is 2.88. The summed E-state index contributed by atoms with van der Waals surface area (Å²) in [6.45, 7) is 6.78. The van der Waals surface area contributed by atoms with Crippen LogP contribution in [0.5, 0.6) is 0 Å².